The fraction of sp³-hybridized carbons (Fsp3) is 0.692. The van der Waals surface area contributed by atoms with E-state index in [4.69, 9.17) is 0 Å². The third kappa shape index (κ3) is 2.68. The highest BCUT2D eigenvalue weighted by Crippen LogP contribution is 2.36. The van der Waals surface area contributed by atoms with Gasteiger partial charge < -0.3 is 9.72 Å². The number of carbonyl (C=O) groups excluding carboxylic acids is 1. The molecule has 0 amide bonds. The molecule has 4 nitrogen and oxygen atoms in total. The quantitative estimate of drug-likeness (QED) is 0.821. The lowest BCUT2D eigenvalue weighted by molar-refractivity contribution is 0.0594. The monoisotopic (exact) mass is 236 g/mol. The van der Waals surface area contributed by atoms with Crippen molar-refractivity contribution in [3.8, 4) is 0 Å². The number of nitrogens with one attached hydrogen (secondary N) is 1. The van der Waals surface area contributed by atoms with Gasteiger partial charge >= 0.3 is 5.97 Å². The highest BCUT2D eigenvalue weighted by atomic mass is 16.5. The SMILES string of the molecule is CCC1CCCC(c2ncc(C(=O)OC)[nH]2)C1. The first-order valence-electron chi connectivity index (χ1n) is 6.37. The Labute approximate surface area is 102 Å². The highest BCUT2D eigenvalue weighted by Gasteiger charge is 2.24. The molecule has 2 unspecified atom stereocenters. The molecule has 0 radical (unpaired) electrons. The standard InChI is InChI=1S/C13H20N2O2/c1-3-9-5-4-6-10(7-9)12-14-8-11(15-12)13(16)17-2/h8-10H,3-7H2,1-2H3,(H,14,15). The van der Waals surface area contributed by atoms with Crippen molar-refractivity contribution >= 4 is 5.97 Å². The number of hydrogen-bond acceptors (Lipinski definition) is 3. The molecule has 1 N–H and O–H groups in total. The van der Waals surface area contributed by atoms with Gasteiger partial charge in [0.1, 0.15) is 11.5 Å². The maximum Gasteiger partial charge on any atom is 0.356 e. The van der Waals surface area contributed by atoms with Crippen molar-refractivity contribution in [2.24, 2.45) is 5.92 Å². The van der Waals surface area contributed by atoms with Gasteiger partial charge in [0.05, 0.1) is 13.3 Å². The van der Waals surface area contributed by atoms with Crippen molar-refractivity contribution in [1.82, 2.24) is 9.97 Å². The lowest BCUT2D eigenvalue weighted by atomic mass is 9.80. The summed E-state index contributed by atoms with van der Waals surface area (Å²) in [6, 6.07) is 0. The number of aromatic nitrogens is 2. The first-order valence-corrected chi connectivity index (χ1v) is 6.37. The van der Waals surface area contributed by atoms with Crippen LogP contribution in [0.1, 0.15) is 61.3 Å². The number of rotatable bonds is 3. The Kier molecular flexibility index (Phi) is 3.82. The summed E-state index contributed by atoms with van der Waals surface area (Å²) in [5.74, 6) is 1.89. The van der Waals surface area contributed by atoms with Crippen LogP contribution in [-0.2, 0) is 4.74 Å². The van der Waals surface area contributed by atoms with E-state index >= 15 is 0 Å². The molecule has 17 heavy (non-hydrogen) atoms. The molecule has 1 aromatic rings. The first kappa shape index (κ1) is 12.1. The molecule has 0 aliphatic heterocycles. The van der Waals surface area contributed by atoms with Gasteiger partial charge in [0.25, 0.3) is 0 Å². The molecule has 0 saturated heterocycles. The Morgan fingerprint density at radius 2 is 2.41 bits per heavy atom. The van der Waals surface area contributed by atoms with E-state index in [1.807, 2.05) is 0 Å². The zero-order valence-electron chi connectivity index (χ0n) is 10.5. The normalized spacial score (nSPS) is 24.6. The first-order chi connectivity index (χ1) is 8.24. The minimum absolute atomic E-state index is 0.341. The fourth-order valence-corrected chi connectivity index (χ4v) is 2.67. The molecule has 1 fully saturated rings. The molecule has 2 rings (SSSR count). The predicted molar refractivity (Wildman–Crippen MR) is 64.9 cm³/mol. The summed E-state index contributed by atoms with van der Waals surface area (Å²) >= 11 is 0. The van der Waals surface area contributed by atoms with Crippen LogP contribution in [0.4, 0.5) is 0 Å². The minimum Gasteiger partial charge on any atom is -0.464 e. The lowest BCUT2D eigenvalue weighted by Crippen LogP contribution is -2.14. The third-order valence-corrected chi connectivity index (χ3v) is 3.75. The molecule has 1 aliphatic carbocycles. The molecular weight excluding hydrogens is 216 g/mol. The topological polar surface area (TPSA) is 55.0 Å². The molecule has 0 aromatic carbocycles. The van der Waals surface area contributed by atoms with Gasteiger partial charge in [-0.25, -0.2) is 9.78 Å². The molecule has 1 saturated carbocycles. The van der Waals surface area contributed by atoms with Gasteiger partial charge in [-0.2, -0.15) is 0 Å². The van der Waals surface area contributed by atoms with Gasteiger partial charge in [0.15, 0.2) is 0 Å². The second kappa shape index (κ2) is 5.34. The van der Waals surface area contributed by atoms with E-state index in [0.29, 0.717) is 11.6 Å². The maximum atomic E-state index is 11.3. The molecular formula is C13H20N2O2. The van der Waals surface area contributed by atoms with E-state index in [1.165, 1.54) is 39.2 Å². The Hall–Kier alpha value is -1.32. The summed E-state index contributed by atoms with van der Waals surface area (Å²) in [6.45, 7) is 2.25. The van der Waals surface area contributed by atoms with Crippen LogP contribution in [0.5, 0.6) is 0 Å². The molecule has 0 spiro atoms. The van der Waals surface area contributed by atoms with Gasteiger partial charge in [-0.05, 0) is 18.8 Å². The van der Waals surface area contributed by atoms with Gasteiger partial charge in [0, 0.05) is 5.92 Å². The smallest absolute Gasteiger partial charge is 0.356 e. The van der Waals surface area contributed by atoms with E-state index in [1.54, 1.807) is 6.20 Å². The van der Waals surface area contributed by atoms with E-state index in [0.717, 1.165) is 11.7 Å². The van der Waals surface area contributed by atoms with Crippen molar-refractivity contribution < 1.29 is 9.53 Å². The third-order valence-electron chi connectivity index (χ3n) is 3.75. The number of imidazole rings is 1. The summed E-state index contributed by atoms with van der Waals surface area (Å²) in [5, 5.41) is 0. The maximum absolute atomic E-state index is 11.3. The van der Waals surface area contributed by atoms with Crippen molar-refractivity contribution in [3.05, 3.63) is 17.7 Å². The van der Waals surface area contributed by atoms with Crippen LogP contribution in [0.25, 0.3) is 0 Å². The van der Waals surface area contributed by atoms with Gasteiger partial charge in [-0.1, -0.05) is 26.2 Å². The van der Waals surface area contributed by atoms with E-state index < -0.39 is 0 Å². The van der Waals surface area contributed by atoms with Crippen LogP contribution >= 0.6 is 0 Å². The van der Waals surface area contributed by atoms with Crippen LogP contribution in [0.3, 0.4) is 0 Å². The number of carbonyl (C=O) groups is 1. The number of ether oxygens (including phenoxy) is 1. The second-order valence-electron chi connectivity index (χ2n) is 4.81. The van der Waals surface area contributed by atoms with Crippen molar-refractivity contribution in [3.63, 3.8) is 0 Å². The van der Waals surface area contributed by atoms with E-state index in [-0.39, 0.29) is 5.97 Å². The van der Waals surface area contributed by atoms with E-state index in [2.05, 4.69) is 21.6 Å². The predicted octanol–water partition coefficient (Wildman–Crippen LogP) is 2.88. The summed E-state index contributed by atoms with van der Waals surface area (Å²) in [5.41, 5.74) is 0.459. The zero-order valence-corrected chi connectivity index (χ0v) is 10.5. The van der Waals surface area contributed by atoms with Crippen LogP contribution in [0, 0.1) is 5.92 Å². The number of esters is 1. The van der Waals surface area contributed by atoms with Crippen molar-refractivity contribution in [2.45, 2.75) is 44.9 Å². The molecule has 1 aromatic heterocycles. The minimum atomic E-state index is -0.341. The van der Waals surface area contributed by atoms with Crippen molar-refractivity contribution in [1.29, 1.82) is 0 Å². The largest absolute Gasteiger partial charge is 0.464 e. The Morgan fingerprint density at radius 3 is 3.12 bits per heavy atom. The molecule has 2 atom stereocenters. The molecule has 0 bridgehead atoms. The Morgan fingerprint density at radius 1 is 1.59 bits per heavy atom. The van der Waals surface area contributed by atoms with Crippen LogP contribution in [0.15, 0.2) is 6.20 Å². The lowest BCUT2D eigenvalue weighted by Gasteiger charge is -2.26. The Balaban J connectivity index is 2.06. The zero-order chi connectivity index (χ0) is 12.3. The van der Waals surface area contributed by atoms with Gasteiger partial charge in [-0.15, -0.1) is 0 Å². The summed E-state index contributed by atoms with van der Waals surface area (Å²) in [6.07, 6.45) is 7.77. The molecule has 4 heteroatoms. The Bertz CT molecular complexity index is 387. The van der Waals surface area contributed by atoms with Crippen LogP contribution < -0.4 is 0 Å². The number of hydrogen-bond donors (Lipinski definition) is 1. The number of H-pyrrole nitrogens is 1. The summed E-state index contributed by atoms with van der Waals surface area (Å²) < 4.78 is 4.67. The molecule has 94 valence electrons. The van der Waals surface area contributed by atoms with Gasteiger partial charge in [0.2, 0.25) is 0 Å². The summed E-state index contributed by atoms with van der Waals surface area (Å²) in [7, 11) is 1.39. The van der Waals surface area contributed by atoms with Crippen molar-refractivity contribution in [2.75, 3.05) is 7.11 Å². The van der Waals surface area contributed by atoms with Crippen LogP contribution in [-0.4, -0.2) is 23.0 Å². The average molecular weight is 236 g/mol. The summed E-state index contributed by atoms with van der Waals surface area (Å²) in [4.78, 5) is 18.8. The van der Waals surface area contributed by atoms with Gasteiger partial charge in [-0.3, -0.25) is 0 Å². The number of methoxy groups -OCH3 is 1. The second-order valence-corrected chi connectivity index (χ2v) is 4.81. The number of nitrogens with zero attached hydrogens (tertiary/aromatic N) is 1. The van der Waals surface area contributed by atoms with E-state index in [9.17, 15) is 4.79 Å². The number of aromatic amines is 1. The average Bonchev–Trinajstić information content (AvgIpc) is 2.87. The van der Waals surface area contributed by atoms with Crippen LogP contribution in [0.2, 0.25) is 0 Å². The highest BCUT2D eigenvalue weighted by molar-refractivity contribution is 5.86. The fourth-order valence-electron chi connectivity index (χ4n) is 2.67. The molecule has 1 aliphatic rings. The molecule has 1 heterocycles.